The summed E-state index contributed by atoms with van der Waals surface area (Å²) in [6.45, 7) is 0. The Labute approximate surface area is 169 Å². The summed E-state index contributed by atoms with van der Waals surface area (Å²) in [5, 5.41) is 26.2. The number of benzene rings is 2. The molecule has 0 atom stereocenters. The minimum atomic E-state index is -0.410. The van der Waals surface area contributed by atoms with E-state index >= 15 is 0 Å². The number of anilines is 1. The minimum Gasteiger partial charge on any atom is -0.329 e. The standard InChI is InChI=1S/C19H15N7O2S/c1-25-9-8-20-19(25)29-17-7-6-13(10-16(17)26(27)28)11-21-23-18-15-5-3-2-4-14(15)12-22-24-18/h2-12H,1H3,(H,23,24)/b21-11-. The van der Waals surface area contributed by atoms with Gasteiger partial charge >= 0.3 is 0 Å². The fourth-order valence-electron chi connectivity index (χ4n) is 2.67. The van der Waals surface area contributed by atoms with Crippen LogP contribution in [0.1, 0.15) is 5.56 Å². The van der Waals surface area contributed by atoms with Crippen molar-refractivity contribution < 1.29 is 4.92 Å². The lowest BCUT2D eigenvalue weighted by molar-refractivity contribution is -0.387. The fourth-order valence-corrected chi connectivity index (χ4v) is 3.56. The number of aryl methyl sites for hydroxylation is 1. The van der Waals surface area contributed by atoms with Gasteiger partial charge in [-0.2, -0.15) is 10.2 Å². The van der Waals surface area contributed by atoms with Crippen molar-refractivity contribution in [3.05, 3.63) is 76.7 Å². The van der Waals surface area contributed by atoms with Crippen molar-refractivity contribution in [2.75, 3.05) is 5.43 Å². The van der Waals surface area contributed by atoms with Gasteiger partial charge in [-0.3, -0.25) is 15.5 Å². The van der Waals surface area contributed by atoms with Crippen LogP contribution in [0.5, 0.6) is 0 Å². The predicted octanol–water partition coefficient (Wildman–Crippen LogP) is 3.87. The Morgan fingerprint density at radius 2 is 2.14 bits per heavy atom. The van der Waals surface area contributed by atoms with Crippen LogP contribution in [0.25, 0.3) is 10.8 Å². The molecular formula is C19H15N7O2S. The van der Waals surface area contributed by atoms with Gasteiger partial charge in [-0.15, -0.1) is 5.10 Å². The molecule has 2 heterocycles. The summed E-state index contributed by atoms with van der Waals surface area (Å²) in [5.41, 5.74) is 3.43. The van der Waals surface area contributed by atoms with E-state index in [1.807, 2.05) is 31.3 Å². The molecule has 0 unspecified atom stereocenters. The molecule has 9 nitrogen and oxygen atoms in total. The summed E-state index contributed by atoms with van der Waals surface area (Å²) in [5.74, 6) is 0.510. The number of hydrogen-bond donors (Lipinski definition) is 1. The molecule has 0 saturated carbocycles. The zero-order chi connectivity index (χ0) is 20.2. The topological polar surface area (TPSA) is 111 Å². The van der Waals surface area contributed by atoms with Gasteiger partial charge in [0, 0.05) is 41.8 Å². The highest BCUT2D eigenvalue weighted by Gasteiger charge is 2.17. The quantitative estimate of drug-likeness (QED) is 0.294. The Morgan fingerprint density at radius 1 is 1.28 bits per heavy atom. The van der Waals surface area contributed by atoms with E-state index in [9.17, 15) is 10.1 Å². The number of imidazole rings is 1. The van der Waals surface area contributed by atoms with Crippen LogP contribution < -0.4 is 5.43 Å². The number of nitrogens with zero attached hydrogens (tertiary/aromatic N) is 6. The summed E-state index contributed by atoms with van der Waals surface area (Å²) < 4.78 is 1.80. The van der Waals surface area contributed by atoms with Gasteiger partial charge < -0.3 is 4.57 Å². The lowest BCUT2D eigenvalue weighted by Gasteiger charge is -2.05. The van der Waals surface area contributed by atoms with Gasteiger partial charge in [0.25, 0.3) is 5.69 Å². The Balaban J connectivity index is 1.56. The molecule has 0 bridgehead atoms. The number of hydrazone groups is 1. The van der Waals surface area contributed by atoms with Gasteiger partial charge in [0.15, 0.2) is 11.0 Å². The smallest absolute Gasteiger partial charge is 0.283 e. The monoisotopic (exact) mass is 405 g/mol. The minimum absolute atomic E-state index is 0.00750. The van der Waals surface area contributed by atoms with Crippen LogP contribution in [0, 0.1) is 10.1 Å². The van der Waals surface area contributed by atoms with Crippen LogP contribution in [-0.2, 0) is 7.05 Å². The molecule has 0 saturated heterocycles. The van der Waals surface area contributed by atoms with Gasteiger partial charge in [0.2, 0.25) is 0 Å². The second kappa shape index (κ2) is 8.07. The van der Waals surface area contributed by atoms with Crippen molar-refractivity contribution in [1.82, 2.24) is 19.7 Å². The Hall–Kier alpha value is -3.79. The average molecular weight is 405 g/mol. The molecule has 0 fully saturated rings. The Kier molecular flexibility index (Phi) is 5.16. The molecule has 0 aliphatic carbocycles. The van der Waals surface area contributed by atoms with E-state index in [0.717, 1.165) is 10.8 Å². The van der Waals surface area contributed by atoms with Crippen LogP contribution in [0.3, 0.4) is 0 Å². The molecule has 29 heavy (non-hydrogen) atoms. The maximum Gasteiger partial charge on any atom is 0.283 e. The number of nitrogens with one attached hydrogen (secondary N) is 1. The molecule has 0 aliphatic heterocycles. The first-order chi connectivity index (χ1) is 14.1. The largest absolute Gasteiger partial charge is 0.329 e. The van der Waals surface area contributed by atoms with E-state index in [1.165, 1.54) is 24.0 Å². The zero-order valence-electron chi connectivity index (χ0n) is 15.3. The molecule has 2 aromatic heterocycles. The lowest BCUT2D eigenvalue weighted by Crippen LogP contribution is -1.98. The van der Waals surface area contributed by atoms with Crippen molar-refractivity contribution in [2.45, 2.75) is 10.1 Å². The molecule has 0 aliphatic rings. The number of hydrogen-bond acceptors (Lipinski definition) is 8. The van der Waals surface area contributed by atoms with Crippen molar-refractivity contribution in [2.24, 2.45) is 12.1 Å². The highest BCUT2D eigenvalue weighted by molar-refractivity contribution is 7.99. The van der Waals surface area contributed by atoms with E-state index in [4.69, 9.17) is 0 Å². The second-order valence-corrected chi connectivity index (χ2v) is 7.07. The van der Waals surface area contributed by atoms with Crippen LogP contribution in [0.15, 0.2) is 76.2 Å². The third kappa shape index (κ3) is 4.06. The molecule has 144 valence electrons. The van der Waals surface area contributed by atoms with Crippen LogP contribution in [0.4, 0.5) is 11.5 Å². The van der Waals surface area contributed by atoms with Crippen LogP contribution in [0.2, 0.25) is 0 Å². The van der Waals surface area contributed by atoms with E-state index in [2.05, 4.69) is 25.7 Å². The van der Waals surface area contributed by atoms with Gasteiger partial charge in [-0.1, -0.05) is 30.3 Å². The first kappa shape index (κ1) is 18.6. The summed E-state index contributed by atoms with van der Waals surface area (Å²) in [7, 11) is 1.84. The molecule has 0 amide bonds. The van der Waals surface area contributed by atoms with E-state index in [1.54, 1.807) is 35.3 Å². The first-order valence-corrected chi connectivity index (χ1v) is 9.36. The molecule has 1 N–H and O–H groups in total. The molecule has 0 radical (unpaired) electrons. The number of nitro groups is 1. The van der Waals surface area contributed by atoms with Gasteiger partial charge in [0.1, 0.15) is 0 Å². The zero-order valence-corrected chi connectivity index (χ0v) is 16.1. The maximum atomic E-state index is 11.5. The number of nitro benzene ring substituents is 1. The predicted molar refractivity (Wildman–Crippen MR) is 111 cm³/mol. The molecular weight excluding hydrogens is 390 g/mol. The highest BCUT2D eigenvalue weighted by atomic mass is 32.2. The van der Waals surface area contributed by atoms with E-state index in [-0.39, 0.29) is 5.69 Å². The van der Waals surface area contributed by atoms with Crippen molar-refractivity contribution in [3.63, 3.8) is 0 Å². The lowest BCUT2D eigenvalue weighted by atomic mass is 10.2. The first-order valence-electron chi connectivity index (χ1n) is 8.55. The van der Waals surface area contributed by atoms with Crippen molar-refractivity contribution in [1.29, 1.82) is 0 Å². The van der Waals surface area contributed by atoms with Crippen molar-refractivity contribution >= 4 is 40.3 Å². The number of fused-ring (bicyclic) bond motifs is 1. The van der Waals surface area contributed by atoms with Gasteiger partial charge in [-0.25, -0.2) is 4.98 Å². The normalized spacial score (nSPS) is 11.2. The van der Waals surface area contributed by atoms with Gasteiger partial charge in [-0.05, 0) is 17.8 Å². The summed E-state index contributed by atoms with van der Waals surface area (Å²) in [6.07, 6.45) is 6.62. The SMILES string of the molecule is Cn1ccnc1Sc1ccc(/C=N\Nc2nncc3ccccc23)cc1[N+](=O)[O-]. The number of rotatable bonds is 6. The van der Waals surface area contributed by atoms with Crippen LogP contribution >= 0.6 is 11.8 Å². The van der Waals surface area contributed by atoms with E-state index < -0.39 is 4.92 Å². The van der Waals surface area contributed by atoms with Crippen molar-refractivity contribution in [3.8, 4) is 0 Å². The third-order valence-corrected chi connectivity index (χ3v) is 5.25. The second-order valence-electron chi connectivity index (χ2n) is 6.06. The highest BCUT2D eigenvalue weighted by Crippen LogP contribution is 2.34. The summed E-state index contributed by atoms with van der Waals surface area (Å²) in [4.78, 5) is 15.8. The molecule has 10 heteroatoms. The fraction of sp³-hybridized carbons (Fsp3) is 0.0526. The number of aromatic nitrogens is 4. The Morgan fingerprint density at radius 3 is 2.93 bits per heavy atom. The maximum absolute atomic E-state index is 11.5. The molecule has 4 aromatic rings. The molecule has 2 aromatic carbocycles. The summed E-state index contributed by atoms with van der Waals surface area (Å²) >= 11 is 1.24. The molecule has 4 rings (SSSR count). The summed E-state index contributed by atoms with van der Waals surface area (Å²) in [6, 6.07) is 12.6. The van der Waals surface area contributed by atoms with Crippen LogP contribution in [-0.4, -0.2) is 30.9 Å². The van der Waals surface area contributed by atoms with Gasteiger partial charge in [0.05, 0.1) is 22.2 Å². The average Bonchev–Trinajstić information content (AvgIpc) is 3.13. The van der Waals surface area contributed by atoms with E-state index in [0.29, 0.717) is 21.4 Å². The molecule has 0 spiro atoms. The third-order valence-electron chi connectivity index (χ3n) is 4.11. The Bertz CT molecular complexity index is 1220.